The standard InChI is InChI=1S/C19H31NO/c1-13(2)16-6-8-17(9-7-16)20-19-11-10-18(12-15(19)5)21-14(3)4/h10-14,16-17,20H,6-9H2,1-5H3. The zero-order valence-corrected chi connectivity index (χ0v) is 14.3. The first kappa shape index (κ1) is 16.2. The fraction of sp³-hybridized carbons (Fsp3) is 0.684. The van der Waals surface area contributed by atoms with Crippen molar-refractivity contribution in [3.05, 3.63) is 23.8 Å². The summed E-state index contributed by atoms with van der Waals surface area (Å²) in [6.45, 7) is 11.0. The molecule has 0 amide bonds. The summed E-state index contributed by atoms with van der Waals surface area (Å²) < 4.78 is 5.75. The zero-order valence-electron chi connectivity index (χ0n) is 14.3. The maximum atomic E-state index is 5.75. The van der Waals surface area contributed by atoms with Crippen LogP contribution in [0.1, 0.15) is 58.9 Å². The van der Waals surface area contributed by atoms with E-state index in [2.05, 4.69) is 58.1 Å². The molecule has 0 heterocycles. The maximum absolute atomic E-state index is 5.75. The van der Waals surface area contributed by atoms with Gasteiger partial charge in [-0.3, -0.25) is 0 Å². The van der Waals surface area contributed by atoms with Crippen molar-refractivity contribution in [2.24, 2.45) is 11.8 Å². The van der Waals surface area contributed by atoms with Crippen molar-refractivity contribution < 1.29 is 4.74 Å². The van der Waals surface area contributed by atoms with E-state index in [-0.39, 0.29) is 6.10 Å². The minimum atomic E-state index is 0.231. The second kappa shape index (κ2) is 7.20. The minimum Gasteiger partial charge on any atom is -0.491 e. The fourth-order valence-electron chi connectivity index (χ4n) is 3.29. The van der Waals surface area contributed by atoms with Gasteiger partial charge in [-0.2, -0.15) is 0 Å². The molecule has 2 rings (SSSR count). The molecule has 0 saturated heterocycles. The molecular weight excluding hydrogens is 258 g/mol. The van der Waals surface area contributed by atoms with Gasteiger partial charge in [-0.15, -0.1) is 0 Å². The molecule has 2 nitrogen and oxygen atoms in total. The second-order valence-electron chi connectivity index (χ2n) is 7.14. The Labute approximate surface area is 130 Å². The number of ether oxygens (including phenoxy) is 1. The van der Waals surface area contributed by atoms with Crippen molar-refractivity contribution in [2.45, 2.75) is 72.4 Å². The summed E-state index contributed by atoms with van der Waals surface area (Å²) >= 11 is 0. The van der Waals surface area contributed by atoms with E-state index in [1.54, 1.807) is 0 Å². The molecule has 1 aromatic carbocycles. The molecule has 1 saturated carbocycles. The number of aryl methyl sites for hydroxylation is 1. The number of nitrogens with one attached hydrogen (secondary N) is 1. The van der Waals surface area contributed by atoms with E-state index in [0.717, 1.165) is 17.6 Å². The summed E-state index contributed by atoms with van der Waals surface area (Å²) in [7, 11) is 0. The van der Waals surface area contributed by atoms with Gasteiger partial charge in [0.15, 0.2) is 0 Å². The molecule has 0 atom stereocenters. The highest BCUT2D eigenvalue weighted by atomic mass is 16.5. The van der Waals surface area contributed by atoms with Crippen molar-refractivity contribution >= 4 is 5.69 Å². The Hall–Kier alpha value is -1.18. The number of hydrogen-bond acceptors (Lipinski definition) is 2. The van der Waals surface area contributed by atoms with Crippen molar-refractivity contribution in [2.75, 3.05) is 5.32 Å². The lowest BCUT2D eigenvalue weighted by Gasteiger charge is -2.32. The van der Waals surface area contributed by atoms with Crippen LogP contribution in [-0.4, -0.2) is 12.1 Å². The molecule has 2 heteroatoms. The first-order valence-corrected chi connectivity index (χ1v) is 8.49. The quantitative estimate of drug-likeness (QED) is 0.782. The smallest absolute Gasteiger partial charge is 0.120 e. The van der Waals surface area contributed by atoms with E-state index >= 15 is 0 Å². The third-order valence-corrected chi connectivity index (χ3v) is 4.64. The minimum absolute atomic E-state index is 0.231. The normalized spacial score (nSPS) is 22.6. The molecule has 118 valence electrons. The van der Waals surface area contributed by atoms with Crippen LogP contribution in [0.5, 0.6) is 5.75 Å². The average molecular weight is 289 g/mol. The van der Waals surface area contributed by atoms with E-state index in [0.29, 0.717) is 6.04 Å². The van der Waals surface area contributed by atoms with Crippen molar-refractivity contribution in [3.8, 4) is 5.75 Å². The summed E-state index contributed by atoms with van der Waals surface area (Å²) in [4.78, 5) is 0. The number of rotatable bonds is 5. The van der Waals surface area contributed by atoms with Crippen molar-refractivity contribution in [1.29, 1.82) is 0 Å². The van der Waals surface area contributed by atoms with Gasteiger partial charge in [0.2, 0.25) is 0 Å². The van der Waals surface area contributed by atoms with Gasteiger partial charge in [0.25, 0.3) is 0 Å². The molecule has 1 fully saturated rings. The first-order valence-electron chi connectivity index (χ1n) is 8.49. The average Bonchev–Trinajstić information content (AvgIpc) is 2.42. The molecule has 1 N–H and O–H groups in total. The predicted octanol–water partition coefficient (Wildman–Crippen LogP) is 5.41. The van der Waals surface area contributed by atoms with Crippen molar-refractivity contribution in [3.63, 3.8) is 0 Å². The van der Waals surface area contributed by atoms with Crippen molar-refractivity contribution in [1.82, 2.24) is 0 Å². The first-order chi connectivity index (χ1) is 9.95. The molecule has 0 bridgehead atoms. The Morgan fingerprint density at radius 3 is 2.24 bits per heavy atom. The summed E-state index contributed by atoms with van der Waals surface area (Å²) in [5.41, 5.74) is 2.54. The lowest BCUT2D eigenvalue weighted by molar-refractivity contribution is 0.242. The monoisotopic (exact) mass is 289 g/mol. The van der Waals surface area contributed by atoms with Crippen LogP contribution in [0.25, 0.3) is 0 Å². The maximum Gasteiger partial charge on any atom is 0.120 e. The van der Waals surface area contributed by atoms with E-state index in [4.69, 9.17) is 4.74 Å². The number of benzene rings is 1. The molecule has 0 aliphatic heterocycles. The van der Waals surface area contributed by atoms with E-state index in [9.17, 15) is 0 Å². The number of anilines is 1. The van der Waals surface area contributed by atoms with E-state index in [1.807, 2.05) is 0 Å². The fourth-order valence-corrected chi connectivity index (χ4v) is 3.29. The summed E-state index contributed by atoms with van der Waals surface area (Å²) in [6.07, 6.45) is 5.56. The van der Waals surface area contributed by atoms with E-state index in [1.165, 1.54) is 36.9 Å². The molecule has 0 aromatic heterocycles. The summed E-state index contributed by atoms with van der Waals surface area (Å²) in [5, 5.41) is 3.73. The molecule has 1 aliphatic carbocycles. The summed E-state index contributed by atoms with van der Waals surface area (Å²) in [5.74, 6) is 2.72. The van der Waals surface area contributed by atoms with Crippen LogP contribution in [0.2, 0.25) is 0 Å². The zero-order chi connectivity index (χ0) is 15.4. The molecule has 21 heavy (non-hydrogen) atoms. The largest absolute Gasteiger partial charge is 0.491 e. The van der Waals surface area contributed by atoms with Crippen LogP contribution in [0.3, 0.4) is 0 Å². The van der Waals surface area contributed by atoms with Gasteiger partial charge in [-0.05, 0) is 82.1 Å². The Bertz CT molecular complexity index is 445. The van der Waals surface area contributed by atoms with Gasteiger partial charge in [0.05, 0.1) is 6.10 Å². The van der Waals surface area contributed by atoms with Crippen LogP contribution < -0.4 is 10.1 Å². The Morgan fingerprint density at radius 1 is 1.05 bits per heavy atom. The van der Waals surface area contributed by atoms with Gasteiger partial charge < -0.3 is 10.1 Å². The molecule has 0 unspecified atom stereocenters. The number of hydrogen-bond donors (Lipinski definition) is 1. The molecule has 0 radical (unpaired) electrons. The molecule has 0 spiro atoms. The predicted molar refractivity (Wildman–Crippen MR) is 91.1 cm³/mol. The Balaban J connectivity index is 1.92. The third-order valence-electron chi connectivity index (χ3n) is 4.64. The van der Waals surface area contributed by atoms with Gasteiger partial charge in [-0.25, -0.2) is 0 Å². The molecule has 1 aromatic rings. The van der Waals surface area contributed by atoms with Gasteiger partial charge >= 0.3 is 0 Å². The Morgan fingerprint density at radius 2 is 1.71 bits per heavy atom. The van der Waals surface area contributed by atoms with Gasteiger partial charge in [0.1, 0.15) is 5.75 Å². The highest BCUT2D eigenvalue weighted by molar-refractivity contribution is 5.54. The van der Waals surface area contributed by atoms with Gasteiger partial charge in [-0.1, -0.05) is 13.8 Å². The van der Waals surface area contributed by atoms with Crippen LogP contribution in [0, 0.1) is 18.8 Å². The highest BCUT2D eigenvalue weighted by Gasteiger charge is 2.23. The Kier molecular flexibility index (Phi) is 5.55. The van der Waals surface area contributed by atoms with Crippen LogP contribution in [0.15, 0.2) is 18.2 Å². The lowest BCUT2D eigenvalue weighted by Crippen LogP contribution is -2.28. The highest BCUT2D eigenvalue weighted by Crippen LogP contribution is 2.32. The van der Waals surface area contributed by atoms with Gasteiger partial charge in [0, 0.05) is 11.7 Å². The van der Waals surface area contributed by atoms with E-state index < -0.39 is 0 Å². The molecular formula is C19H31NO. The lowest BCUT2D eigenvalue weighted by atomic mass is 9.79. The summed E-state index contributed by atoms with van der Waals surface area (Å²) in [6, 6.07) is 7.02. The third kappa shape index (κ3) is 4.66. The van der Waals surface area contributed by atoms with Crippen LogP contribution >= 0.6 is 0 Å². The van der Waals surface area contributed by atoms with Crippen LogP contribution in [-0.2, 0) is 0 Å². The second-order valence-corrected chi connectivity index (χ2v) is 7.14. The van der Waals surface area contributed by atoms with Crippen LogP contribution in [0.4, 0.5) is 5.69 Å². The molecule has 1 aliphatic rings. The SMILES string of the molecule is Cc1cc(OC(C)C)ccc1NC1CCC(C(C)C)CC1. The topological polar surface area (TPSA) is 21.3 Å².